The molecule has 0 aliphatic heterocycles. The highest BCUT2D eigenvalue weighted by atomic mass is 16.4. The lowest BCUT2D eigenvalue weighted by Crippen LogP contribution is -2.54. The number of hydrogen-bond acceptors (Lipinski definition) is 4. The molecule has 0 saturated heterocycles. The number of carboxylic acids is 1. The van der Waals surface area contributed by atoms with Crippen molar-refractivity contribution in [1.82, 2.24) is 16.0 Å². The highest BCUT2D eigenvalue weighted by Crippen LogP contribution is 2.04. The summed E-state index contributed by atoms with van der Waals surface area (Å²) in [5.74, 6) is 2.56. The summed E-state index contributed by atoms with van der Waals surface area (Å²) in [6.07, 6.45) is 0.213. The Hall–Kier alpha value is -3.34. The first-order valence-corrected chi connectivity index (χ1v) is 8.78. The van der Waals surface area contributed by atoms with Crippen LogP contribution in [0.3, 0.4) is 0 Å². The molecule has 8 nitrogen and oxygen atoms in total. The van der Waals surface area contributed by atoms with Crippen molar-refractivity contribution < 1.29 is 24.3 Å². The number of amides is 3. The van der Waals surface area contributed by atoms with Gasteiger partial charge in [-0.15, -0.1) is 11.8 Å². The molecule has 1 rings (SSSR count). The van der Waals surface area contributed by atoms with Crippen LogP contribution >= 0.6 is 0 Å². The summed E-state index contributed by atoms with van der Waals surface area (Å²) in [4.78, 5) is 47.4. The number of aliphatic carboxylic acids is 1. The quantitative estimate of drug-likeness (QED) is 0.451. The zero-order valence-electron chi connectivity index (χ0n) is 16.1. The van der Waals surface area contributed by atoms with Crippen molar-refractivity contribution in [2.75, 3.05) is 0 Å². The van der Waals surface area contributed by atoms with E-state index in [1.165, 1.54) is 13.8 Å². The Labute approximate surface area is 164 Å². The van der Waals surface area contributed by atoms with Gasteiger partial charge in [-0.2, -0.15) is 0 Å². The molecule has 1 aromatic rings. The number of benzene rings is 1. The second-order valence-electron chi connectivity index (χ2n) is 6.20. The van der Waals surface area contributed by atoms with E-state index in [1.54, 1.807) is 31.2 Å². The van der Waals surface area contributed by atoms with E-state index in [2.05, 4.69) is 27.8 Å². The zero-order chi connectivity index (χ0) is 21.1. The molecule has 0 aliphatic rings. The van der Waals surface area contributed by atoms with Crippen molar-refractivity contribution >= 4 is 23.7 Å². The topological polar surface area (TPSA) is 125 Å². The van der Waals surface area contributed by atoms with Gasteiger partial charge in [-0.3, -0.25) is 14.4 Å². The van der Waals surface area contributed by atoms with Gasteiger partial charge in [0.05, 0.1) is 0 Å². The van der Waals surface area contributed by atoms with Crippen LogP contribution in [0.2, 0.25) is 0 Å². The van der Waals surface area contributed by atoms with Gasteiger partial charge in [0.15, 0.2) is 0 Å². The standard InChI is InChI=1S/C20H25N3O5/c1-4-5-11-16(22-14(3)24)19(26)21-13(2)18(25)23-17(20(27)28)12-15-9-7-6-8-10-15/h6-10,13,16-17H,11-12H2,1-3H3,(H,21,26)(H,22,24)(H,23,25)(H,27,28)/t13-,16?,17-/m1/s1. The van der Waals surface area contributed by atoms with Crippen LogP contribution in [-0.2, 0) is 25.6 Å². The van der Waals surface area contributed by atoms with Gasteiger partial charge in [-0.05, 0) is 19.4 Å². The van der Waals surface area contributed by atoms with Crippen LogP contribution in [0, 0.1) is 11.8 Å². The first-order chi connectivity index (χ1) is 13.2. The smallest absolute Gasteiger partial charge is 0.326 e. The molecule has 1 aromatic carbocycles. The van der Waals surface area contributed by atoms with E-state index >= 15 is 0 Å². The molecular formula is C20H25N3O5. The molecule has 3 amide bonds. The molecule has 4 N–H and O–H groups in total. The number of nitrogens with one attached hydrogen (secondary N) is 3. The fourth-order valence-corrected chi connectivity index (χ4v) is 2.38. The molecule has 0 fully saturated rings. The van der Waals surface area contributed by atoms with Crippen molar-refractivity contribution in [2.45, 2.75) is 51.7 Å². The molecule has 0 heterocycles. The van der Waals surface area contributed by atoms with Crippen LogP contribution in [0.5, 0.6) is 0 Å². The van der Waals surface area contributed by atoms with Gasteiger partial charge in [-0.25, -0.2) is 4.79 Å². The first-order valence-electron chi connectivity index (χ1n) is 8.78. The predicted octanol–water partition coefficient (Wildman–Crippen LogP) is 0.221. The van der Waals surface area contributed by atoms with Gasteiger partial charge in [0, 0.05) is 19.8 Å². The van der Waals surface area contributed by atoms with Crippen molar-refractivity contribution in [1.29, 1.82) is 0 Å². The molecule has 0 spiro atoms. The van der Waals surface area contributed by atoms with Gasteiger partial charge >= 0.3 is 5.97 Å². The maximum absolute atomic E-state index is 12.3. The SMILES string of the molecule is CC#CCC(NC(C)=O)C(=O)N[C@H](C)C(=O)N[C@H](Cc1ccccc1)C(=O)O. The van der Waals surface area contributed by atoms with Crippen LogP contribution in [0.25, 0.3) is 0 Å². The number of rotatable bonds is 9. The lowest BCUT2D eigenvalue weighted by Gasteiger charge is -2.21. The summed E-state index contributed by atoms with van der Waals surface area (Å²) in [6.45, 7) is 4.32. The van der Waals surface area contributed by atoms with Gasteiger partial charge in [0.2, 0.25) is 17.7 Å². The Morgan fingerprint density at radius 2 is 1.64 bits per heavy atom. The molecular weight excluding hydrogens is 362 g/mol. The minimum atomic E-state index is -1.18. The zero-order valence-corrected chi connectivity index (χ0v) is 16.1. The van der Waals surface area contributed by atoms with Gasteiger partial charge in [-0.1, -0.05) is 30.3 Å². The van der Waals surface area contributed by atoms with Crippen LogP contribution in [0.1, 0.15) is 32.8 Å². The third-order valence-electron chi connectivity index (χ3n) is 3.83. The summed E-state index contributed by atoms with van der Waals surface area (Å²) >= 11 is 0. The lowest BCUT2D eigenvalue weighted by atomic mass is 10.1. The van der Waals surface area contributed by atoms with E-state index in [9.17, 15) is 24.3 Å². The Balaban J connectivity index is 2.72. The second kappa shape index (κ2) is 11.4. The van der Waals surface area contributed by atoms with Crippen molar-refractivity contribution in [3.05, 3.63) is 35.9 Å². The average molecular weight is 387 g/mol. The summed E-state index contributed by atoms with van der Waals surface area (Å²) in [7, 11) is 0. The molecule has 0 aromatic heterocycles. The van der Waals surface area contributed by atoms with Crippen molar-refractivity contribution in [3.63, 3.8) is 0 Å². The number of carbonyl (C=O) groups excluding carboxylic acids is 3. The first kappa shape index (κ1) is 22.7. The molecule has 28 heavy (non-hydrogen) atoms. The van der Waals surface area contributed by atoms with Crippen molar-refractivity contribution in [2.24, 2.45) is 0 Å². The number of carbonyl (C=O) groups is 4. The molecule has 8 heteroatoms. The van der Waals surface area contributed by atoms with E-state index in [0.29, 0.717) is 0 Å². The predicted molar refractivity (Wildman–Crippen MR) is 103 cm³/mol. The van der Waals surface area contributed by atoms with Crippen LogP contribution in [0.4, 0.5) is 0 Å². The second-order valence-corrected chi connectivity index (χ2v) is 6.20. The third kappa shape index (κ3) is 7.91. The van der Waals surface area contributed by atoms with Gasteiger partial charge < -0.3 is 21.1 Å². The van der Waals surface area contributed by atoms with Crippen LogP contribution < -0.4 is 16.0 Å². The molecule has 0 bridgehead atoms. The largest absolute Gasteiger partial charge is 0.480 e. The van der Waals surface area contributed by atoms with E-state index < -0.39 is 41.8 Å². The maximum atomic E-state index is 12.3. The Morgan fingerprint density at radius 3 is 2.18 bits per heavy atom. The Bertz CT molecular complexity index is 767. The minimum Gasteiger partial charge on any atom is -0.480 e. The molecule has 1 unspecified atom stereocenters. The Morgan fingerprint density at radius 1 is 1.00 bits per heavy atom. The molecule has 0 saturated carbocycles. The molecule has 3 atom stereocenters. The molecule has 0 aliphatic carbocycles. The summed E-state index contributed by atoms with van der Waals surface area (Å²) in [5.41, 5.74) is 0.760. The van der Waals surface area contributed by atoms with Gasteiger partial charge in [0.1, 0.15) is 18.1 Å². The van der Waals surface area contributed by atoms with Crippen molar-refractivity contribution in [3.8, 4) is 11.8 Å². The normalized spacial score (nSPS) is 13.1. The summed E-state index contributed by atoms with van der Waals surface area (Å²) in [6, 6.07) is 5.87. The fourth-order valence-electron chi connectivity index (χ4n) is 2.38. The summed E-state index contributed by atoms with van der Waals surface area (Å²) in [5, 5.41) is 16.7. The summed E-state index contributed by atoms with van der Waals surface area (Å²) < 4.78 is 0. The third-order valence-corrected chi connectivity index (χ3v) is 3.83. The molecule has 0 radical (unpaired) electrons. The van der Waals surface area contributed by atoms with Crippen LogP contribution in [-0.4, -0.2) is 46.9 Å². The fraction of sp³-hybridized carbons (Fsp3) is 0.400. The lowest BCUT2D eigenvalue weighted by molar-refractivity contribution is -0.142. The monoisotopic (exact) mass is 387 g/mol. The van der Waals surface area contributed by atoms with E-state index in [1.807, 2.05) is 6.07 Å². The maximum Gasteiger partial charge on any atom is 0.326 e. The van der Waals surface area contributed by atoms with Crippen LogP contribution in [0.15, 0.2) is 30.3 Å². The Kier molecular flexibility index (Phi) is 9.23. The average Bonchev–Trinajstić information content (AvgIpc) is 2.64. The number of carboxylic acid groups (broad SMARTS) is 1. The van der Waals surface area contributed by atoms with E-state index in [4.69, 9.17) is 0 Å². The highest BCUT2D eigenvalue weighted by molar-refractivity contribution is 5.93. The number of hydrogen-bond donors (Lipinski definition) is 4. The van der Waals surface area contributed by atoms with E-state index in [-0.39, 0.29) is 12.8 Å². The molecule has 150 valence electrons. The highest BCUT2D eigenvalue weighted by Gasteiger charge is 2.26. The van der Waals surface area contributed by atoms with E-state index in [0.717, 1.165) is 5.56 Å². The minimum absolute atomic E-state index is 0.0992. The van der Waals surface area contributed by atoms with Gasteiger partial charge in [0.25, 0.3) is 0 Å².